The summed E-state index contributed by atoms with van der Waals surface area (Å²) in [6.07, 6.45) is 1.67. The van der Waals surface area contributed by atoms with E-state index in [0.29, 0.717) is 52.0 Å². The summed E-state index contributed by atoms with van der Waals surface area (Å²) in [7, 11) is 3.05. The van der Waals surface area contributed by atoms with Gasteiger partial charge in [0.25, 0.3) is 0 Å². The monoisotopic (exact) mass is 490 g/mol. The molecular weight excluding hydrogens is 467 g/mol. The molecule has 2 aromatic carbocycles. The van der Waals surface area contributed by atoms with Gasteiger partial charge >= 0.3 is 0 Å². The van der Waals surface area contributed by atoms with E-state index < -0.39 is 0 Å². The predicted molar refractivity (Wildman–Crippen MR) is 126 cm³/mol. The first-order chi connectivity index (χ1) is 16.0. The molecule has 1 amide bonds. The lowest BCUT2D eigenvalue weighted by Crippen LogP contribution is -2.40. The van der Waals surface area contributed by atoms with Gasteiger partial charge in [0.1, 0.15) is 11.5 Å². The molecule has 3 aromatic rings. The van der Waals surface area contributed by atoms with Gasteiger partial charge < -0.3 is 19.3 Å². The Morgan fingerprint density at radius 3 is 2.79 bits per heavy atom. The van der Waals surface area contributed by atoms with E-state index in [-0.39, 0.29) is 11.8 Å². The Balaban J connectivity index is 1.40. The first-order valence-corrected chi connectivity index (χ1v) is 11.3. The van der Waals surface area contributed by atoms with Crippen molar-refractivity contribution in [3.8, 4) is 22.9 Å². The lowest BCUT2D eigenvalue weighted by Gasteiger charge is -2.31. The smallest absolute Gasteiger partial charge is 0.241 e. The van der Waals surface area contributed by atoms with E-state index in [0.717, 1.165) is 24.9 Å². The summed E-state index contributed by atoms with van der Waals surface area (Å²) in [5, 5.41) is 8.03. The van der Waals surface area contributed by atoms with Crippen LogP contribution in [0.1, 0.15) is 18.7 Å². The maximum absolute atomic E-state index is 13.0. The normalized spacial score (nSPS) is 16.4. The van der Waals surface area contributed by atoms with Gasteiger partial charge in [-0.15, -0.1) is 0 Å². The number of anilines is 1. The van der Waals surface area contributed by atoms with Gasteiger partial charge in [-0.05, 0) is 31.5 Å². The molecule has 2 heterocycles. The zero-order valence-corrected chi connectivity index (χ0v) is 19.8. The Kier molecular flexibility index (Phi) is 7.37. The van der Waals surface area contributed by atoms with Crippen molar-refractivity contribution in [2.45, 2.75) is 19.4 Å². The highest BCUT2D eigenvalue weighted by Gasteiger charge is 2.28. The third-order valence-electron chi connectivity index (χ3n) is 5.52. The number of methoxy groups -OCH3 is 2. The Labute approximate surface area is 201 Å². The number of carbonyl (C=O) groups is 1. The molecule has 1 N–H and O–H groups in total. The highest BCUT2D eigenvalue weighted by Crippen LogP contribution is 2.36. The molecule has 1 fully saturated rings. The van der Waals surface area contributed by atoms with Crippen molar-refractivity contribution in [3.05, 3.63) is 52.3 Å². The average molecular weight is 491 g/mol. The third-order valence-corrected chi connectivity index (χ3v) is 6.05. The van der Waals surface area contributed by atoms with Crippen molar-refractivity contribution < 1.29 is 18.8 Å². The number of benzene rings is 2. The minimum Gasteiger partial charge on any atom is -0.495 e. The minimum absolute atomic E-state index is 0.0903. The summed E-state index contributed by atoms with van der Waals surface area (Å²) in [4.78, 5) is 19.6. The molecule has 1 aliphatic heterocycles. The van der Waals surface area contributed by atoms with Gasteiger partial charge in [-0.2, -0.15) is 4.98 Å². The fraction of sp³-hybridized carbons (Fsp3) is 0.348. The standard InChI is InChI=1S/C23H24Cl2N4O4/c1-31-19-11-18(20(32-2)10-17(19)25)26-23(30)15-6-4-8-29(12-15)13-21-27-22(28-33-21)14-5-3-7-16(24)9-14/h3,5,7,9-11,15H,4,6,8,12-13H2,1-2H3,(H,26,30). The molecule has 0 saturated carbocycles. The van der Waals surface area contributed by atoms with Gasteiger partial charge in [0.2, 0.25) is 17.6 Å². The van der Waals surface area contributed by atoms with Crippen LogP contribution in [-0.4, -0.2) is 48.3 Å². The molecular formula is C23H24Cl2N4O4. The Bertz CT molecular complexity index is 1140. The lowest BCUT2D eigenvalue weighted by molar-refractivity contribution is -0.121. The molecule has 1 saturated heterocycles. The van der Waals surface area contributed by atoms with Crippen LogP contribution >= 0.6 is 23.2 Å². The fourth-order valence-electron chi connectivity index (χ4n) is 3.86. The largest absolute Gasteiger partial charge is 0.495 e. The number of likely N-dealkylation sites (tertiary alicyclic amines) is 1. The fourth-order valence-corrected chi connectivity index (χ4v) is 4.28. The second-order valence-corrected chi connectivity index (χ2v) is 8.62. The van der Waals surface area contributed by atoms with Gasteiger partial charge in [-0.1, -0.05) is 40.5 Å². The highest BCUT2D eigenvalue weighted by molar-refractivity contribution is 6.32. The number of aromatic nitrogens is 2. The second-order valence-electron chi connectivity index (χ2n) is 7.77. The summed E-state index contributed by atoms with van der Waals surface area (Å²) in [6.45, 7) is 1.89. The molecule has 1 unspecified atom stereocenters. The summed E-state index contributed by atoms with van der Waals surface area (Å²) in [5.41, 5.74) is 1.31. The number of nitrogens with one attached hydrogen (secondary N) is 1. The molecule has 10 heteroatoms. The van der Waals surface area contributed by atoms with Gasteiger partial charge in [-0.3, -0.25) is 9.69 Å². The molecule has 1 aliphatic rings. The van der Waals surface area contributed by atoms with Crippen LogP contribution in [-0.2, 0) is 11.3 Å². The zero-order chi connectivity index (χ0) is 23.4. The summed E-state index contributed by atoms with van der Waals surface area (Å²) in [5.74, 6) is 1.64. The van der Waals surface area contributed by atoms with E-state index in [4.69, 9.17) is 37.2 Å². The van der Waals surface area contributed by atoms with Gasteiger partial charge in [0.15, 0.2) is 0 Å². The minimum atomic E-state index is -0.194. The molecule has 1 atom stereocenters. The number of hydrogen-bond donors (Lipinski definition) is 1. The molecule has 0 bridgehead atoms. The number of amides is 1. The molecule has 33 heavy (non-hydrogen) atoms. The van der Waals surface area contributed by atoms with Gasteiger partial charge in [0, 0.05) is 29.3 Å². The van der Waals surface area contributed by atoms with Gasteiger partial charge in [-0.25, -0.2) is 0 Å². The number of hydrogen-bond acceptors (Lipinski definition) is 7. The van der Waals surface area contributed by atoms with Crippen LogP contribution < -0.4 is 14.8 Å². The summed E-state index contributed by atoms with van der Waals surface area (Å²) >= 11 is 12.2. The highest BCUT2D eigenvalue weighted by atomic mass is 35.5. The number of rotatable bonds is 7. The second kappa shape index (κ2) is 10.4. The van der Waals surface area contributed by atoms with Crippen molar-refractivity contribution in [1.82, 2.24) is 15.0 Å². The maximum atomic E-state index is 13.0. The first kappa shape index (κ1) is 23.4. The number of halogens is 2. The van der Waals surface area contributed by atoms with Crippen molar-refractivity contribution in [3.63, 3.8) is 0 Å². The zero-order valence-electron chi connectivity index (χ0n) is 18.3. The maximum Gasteiger partial charge on any atom is 0.241 e. The van der Waals surface area contributed by atoms with Crippen molar-refractivity contribution >= 4 is 34.8 Å². The molecule has 1 aromatic heterocycles. The lowest BCUT2D eigenvalue weighted by atomic mass is 9.97. The summed E-state index contributed by atoms with van der Waals surface area (Å²) < 4.78 is 16.0. The molecule has 174 valence electrons. The topological polar surface area (TPSA) is 89.7 Å². The Morgan fingerprint density at radius 1 is 1.21 bits per heavy atom. The van der Waals surface area contributed by atoms with E-state index in [9.17, 15) is 4.79 Å². The van der Waals surface area contributed by atoms with Crippen LogP contribution in [0.4, 0.5) is 5.69 Å². The van der Waals surface area contributed by atoms with E-state index in [1.54, 1.807) is 24.3 Å². The van der Waals surface area contributed by atoms with Crippen LogP contribution in [0.25, 0.3) is 11.4 Å². The van der Waals surface area contributed by atoms with Crippen molar-refractivity contribution in [2.75, 3.05) is 32.6 Å². The van der Waals surface area contributed by atoms with E-state index >= 15 is 0 Å². The van der Waals surface area contributed by atoms with E-state index in [1.165, 1.54) is 14.2 Å². The van der Waals surface area contributed by atoms with Crippen LogP contribution in [0.2, 0.25) is 10.0 Å². The Hall–Kier alpha value is -2.81. The Morgan fingerprint density at radius 2 is 2.03 bits per heavy atom. The van der Waals surface area contributed by atoms with Crippen molar-refractivity contribution in [2.24, 2.45) is 5.92 Å². The molecule has 0 aliphatic carbocycles. The van der Waals surface area contributed by atoms with Crippen LogP contribution in [0, 0.1) is 5.92 Å². The van der Waals surface area contributed by atoms with E-state index in [2.05, 4.69) is 20.4 Å². The number of carbonyl (C=O) groups excluding carboxylic acids is 1. The number of nitrogens with zero attached hydrogens (tertiary/aromatic N) is 3. The quantitative estimate of drug-likeness (QED) is 0.502. The number of piperidine rings is 1. The molecule has 4 rings (SSSR count). The van der Waals surface area contributed by atoms with Crippen LogP contribution in [0.5, 0.6) is 11.5 Å². The summed E-state index contributed by atoms with van der Waals surface area (Å²) in [6, 6.07) is 10.6. The number of ether oxygens (including phenoxy) is 2. The van der Waals surface area contributed by atoms with Crippen molar-refractivity contribution in [1.29, 1.82) is 0 Å². The van der Waals surface area contributed by atoms with Crippen LogP contribution in [0.15, 0.2) is 40.9 Å². The molecule has 0 radical (unpaired) electrons. The first-order valence-electron chi connectivity index (χ1n) is 10.5. The van der Waals surface area contributed by atoms with E-state index in [1.807, 2.05) is 12.1 Å². The molecule has 0 spiro atoms. The predicted octanol–water partition coefficient (Wildman–Crippen LogP) is 4.91. The third kappa shape index (κ3) is 5.58. The van der Waals surface area contributed by atoms with Gasteiger partial charge in [0.05, 0.1) is 37.4 Å². The SMILES string of the molecule is COc1cc(NC(=O)C2CCCN(Cc3nc(-c4cccc(Cl)c4)no3)C2)c(OC)cc1Cl. The molecule has 8 nitrogen and oxygen atoms in total. The van der Waals surface area contributed by atoms with Crippen LogP contribution in [0.3, 0.4) is 0 Å². The average Bonchev–Trinajstić information content (AvgIpc) is 3.28.